The molecule has 0 aliphatic rings. The lowest BCUT2D eigenvalue weighted by Gasteiger charge is -2.19. The number of methoxy groups -OCH3 is 1. The zero-order valence-electron chi connectivity index (χ0n) is 13.4. The molecule has 1 rings (SSSR count). The van der Waals surface area contributed by atoms with Gasteiger partial charge in [0.15, 0.2) is 0 Å². The van der Waals surface area contributed by atoms with Gasteiger partial charge in [0.1, 0.15) is 5.82 Å². The maximum Gasteiger partial charge on any atom is 0.123 e. The van der Waals surface area contributed by atoms with Gasteiger partial charge < -0.3 is 14.8 Å². The van der Waals surface area contributed by atoms with Gasteiger partial charge >= 0.3 is 0 Å². The number of hydrogen-bond donors (Lipinski definition) is 1. The molecule has 0 heterocycles. The van der Waals surface area contributed by atoms with E-state index in [9.17, 15) is 4.39 Å². The van der Waals surface area contributed by atoms with Crippen LogP contribution in [-0.4, -0.2) is 39.5 Å². The molecule has 4 heteroatoms. The number of nitrogens with one attached hydrogen (secondary N) is 1. The van der Waals surface area contributed by atoms with Gasteiger partial charge in [0.25, 0.3) is 0 Å². The van der Waals surface area contributed by atoms with Crippen molar-refractivity contribution < 1.29 is 13.9 Å². The van der Waals surface area contributed by atoms with Crippen LogP contribution in [0.1, 0.15) is 25.8 Å². The van der Waals surface area contributed by atoms with Crippen molar-refractivity contribution in [3.63, 3.8) is 0 Å². The van der Waals surface area contributed by atoms with Crippen molar-refractivity contribution in [2.75, 3.05) is 33.5 Å². The highest BCUT2D eigenvalue weighted by Gasteiger charge is 2.11. The zero-order valence-corrected chi connectivity index (χ0v) is 13.4. The molecule has 1 N–H and O–H groups in total. The molecule has 1 aromatic rings. The van der Waals surface area contributed by atoms with Crippen molar-refractivity contribution in [2.45, 2.75) is 32.7 Å². The van der Waals surface area contributed by atoms with Crippen molar-refractivity contribution in [2.24, 2.45) is 5.92 Å². The lowest BCUT2D eigenvalue weighted by Crippen LogP contribution is -2.30. The molecule has 120 valence electrons. The number of hydrogen-bond acceptors (Lipinski definition) is 3. The predicted molar refractivity (Wildman–Crippen MR) is 84.0 cm³/mol. The summed E-state index contributed by atoms with van der Waals surface area (Å²) in [5, 5.41) is 3.46. The SMILES string of the molecule is COCCOCCC(CNC(C)C)Cc1cccc(F)c1. The van der Waals surface area contributed by atoms with E-state index in [1.807, 2.05) is 6.07 Å². The Hall–Kier alpha value is -0.970. The summed E-state index contributed by atoms with van der Waals surface area (Å²) in [5.41, 5.74) is 1.04. The minimum Gasteiger partial charge on any atom is -0.382 e. The van der Waals surface area contributed by atoms with Crippen LogP contribution >= 0.6 is 0 Å². The Morgan fingerprint density at radius 1 is 1.19 bits per heavy atom. The second kappa shape index (κ2) is 10.7. The number of halogens is 1. The van der Waals surface area contributed by atoms with Gasteiger partial charge in [-0.05, 0) is 43.0 Å². The molecule has 0 spiro atoms. The van der Waals surface area contributed by atoms with Crippen molar-refractivity contribution in [3.8, 4) is 0 Å². The average Bonchev–Trinajstić information content (AvgIpc) is 2.44. The van der Waals surface area contributed by atoms with Gasteiger partial charge in [-0.2, -0.15) is 0 Å². The molecule has 0 saturated carbocycles. The van der Waals surface area contributed by atoms with Crippen molar-refractivity contribution in [1.29, 1.82) is 0 Å². The second-order valence-corrected chi connectivity index (χ2v) is 5.66. The van der Waals surface area contributed by atoms with Gasteiger partial charge in [-0.25, -0.2) is 4.39 Å². The lowest BCUT2D eigenvalue weighted by molar-refractivity contribution is 0.0635. The van der Waals surface area contributed by atoms with Crippen LogP contribution in [0.15, 0.2) is 24.3 Å². The van der Waals surface area contributed by atoms with Crippen LogP contribution in [0.5, 0.6) is 0 Å². The molecular formula is C17H28FNO2. The molecule has 0 aliphatic heterocycles. The minimum atomic E-state index is -0.167. The van der Waals surface area contributed by atoms with E-state index >= 15 is 0 Å². The predicted octanol–water partition coefficient (Wildman–Crippen LogP) is 3.04. The third kappa shape index (κ3) is 8.81. The van der Waals surface area contributed by atoms with E-state index in [1.165, 1.54) is 6.07 Å². The summed E-state index contributed by atoms with van der Waals surface area (Å²) in [6, 6.07) is 7.31. The first-order valence-electron chi connectivity index (χ1n) is 7.66. The number of rotatable bonds is 11. The van der Waals surface area contributed by atoms with E-state index in [2.05, 4.69) is 19.2 Å². The third-order valence-electron chi connectivity index (χ3n) is 3.33. The van der Waals surface area contributed by atoms with Crippen LogP contribution in [0.25, 0.3) is 0 Å². The standard InChI is InChI=1S/C17H28FNO2/c1-14(2)19-13-16(7-8-21-10-9-20-3)11-15-5-4-6-17(18)12-15/h4-6,12,14,16,19H,7-11,13H2,1-3H3. The minimum absolute atomic E-state index is 0.167. The van der Waals surface area contributed by atoms with E-state index in [0.29, 0.717) is 31.8 Å². The second-order valence-electron chi connectivity index (χ2n) is 5.66. The van der Waals surface area contributed by atoms with Crippen LogP contribution in [0.4, 0.5) is 4.39 Å². The van der Waals surface area contributed by atoms with E-state index in [1.54, 1.807) is 19.2 Å². The first-order chi connectivity index (χ1) is 10.1. The molecule has 1 unspecified atom stereocenters. The smallest absolute Gasteiger partial charge is 0.123 e. The van der Waals surface area contributed by atoms with Crippen LogP contribution in [0.2, 0.25) is 0 Å². The fourth-order valence-corrected chi connectivity index (χ4v) is 2.17. The molecule has 21 heavy (non-hydrogen) atoms. The number of benzene rings is 1. The summed E-state index contributed by atoms with van der Waals surface area (Å²) in [6.07, 6.45) is 1.82. The van der Waals surface area contributed by atoms with E-state index in [0.717, 1.165) is 24.9 Å². The van der Waals surface area contributed by atoms with Gasteiger partial charge in [-0.15, -0.1) is 0 Å². The fraction of sp³-hybridized carbons (Fsp3) is 0.647. The molecule has 0 aliphatic carbocycles. The molecule has 0 aromatic heterocycles. The van der Waals surface area contributed by atoms with Crippen molar-refractivity contribution in [3.05, 3.63) is 35.6 Å². The first kappa shape index (κ1) is 18.1. The van der Waals surface area contributed by atoms with E-state index in [4.69, 9.17) is 9.47 Å². The van der Waals surface area contributed by atoms with Gasteiger partial charge in [0.2, 0.25) is 0 Å². The van der Waals surface area contributed by atoms with Crippen molar-refractivity contribution >= 4 is 0 Å². The Morgan fingerprint density at radius 2 is 2.00 bits per heavy atom. The van der Waals surface area contributed by atoms with Crippen LogP contribution in [-0.2, 0) is 15.9 Å². The molecule has 1 aromatic carbocycles. The molecule has 0 saturated heterocycles. The normalized spacial score (nSPS) is 12.8. The highest BCUT2D eigenvalue weighted by atomic mass is 19.1. The van der Waals surface area contributed by atoms with Crippen LogP contribution in [0.3, 0.4) is 0 Å². The quantitative estimate of drug-likeness (QED) is 0.637. The topological polar surface area (TPSA) is 30.5 Å². The van der Waals surface area contributed by atoms with E-state index < -0.39 is 0 Å². The highest BCUT2D eigenvalue weighted by molar-refractivity contribution is 5.16. The monoisotopic (exact) mass is 297 g/mol. The summed E-state index contributed by atoms with van der Waals surface area (Å²) < 4.78 is 23.8. The third-order valence-corrected chi connectivity index (χ3v) is 3.33. The maximum atomic E-state index is 13.3. The Bertz CT molecular complexity index is 385. The van der Waals surface area contributed by atoms with Gasteiger partial charge in [-0.1, -0.05) is 26.0 Å². The van der Waals surface area contributed by atoms with Crippen LogP contribution < -0.4 is 5.32 Å². The molecule has 3 nitrogen and oxygen atoms in total. The first-order valence-corrected chi connectivity index (χ1v) is 7.66. The maximum absolute atomic E-state index is 13.3. The molecule has 0 bridgehead atoms. The van der Waals surface area contributed by atoms with Gasteiger partial charge in [0, 0.05) is 19.8 Å². The number of ether oxygens (including phenoxy) is 2. The zero-order chi connectivity index (χ0) is 15.5. The lowest BCUT2D eigenvalue weighted by atomic mass is 9.96. The molecule has 0 fully saturated rings. The average molecular weight is 297 g/mol. The van der Waals surface area contributed by atoms with Gasteiger partial charge in [0.05, 0.1) is 13.2 Å². The Labute approximate surface area is 127 Å². The molecular weight excluding hydrogens is 269 g/mol. The summed E-state index contributed by atoms with van der Waals surface area (Å²) in [4.78, 5) is 0. The Morgan fingerprint density at radius 3 is 2.67 bits per heavy atom. The largest absolute Gasteiger partial charge is 0.382 e. The highest BCUT2D eigenvalue weighted by Crippen LogP contribution is 2.13. The molecule has 0 radical (unpaired) electrons. The Kier molecular flexibility index (Phi) is 9.22. The van der Waals surface area contributed by atoms with E-state index in [-0.39, 0.29) is 5.82 Å². The van der Waals surface area contributed by atoms with Crippen molar-refractivity contribution in [1.82, 2.24) is 5.32 Å². The fourth-order valence-electron chi connectivity index (χ4n) is 2.17. The summed E-state index contributed by atoms with van der Waals surface area (Å²) in [7, 11) is 1.67. The summed E-state index contributed by atoms with van der Waals surface area (Å²) >= 11 is 0. The van der Waals surface area contributed by atoms with Gasteiger partial charge in [-0.3, -0.25) is 0 Å². The summed E-state index contributed by atoms with van der Waals surface area (Å²) in [5.74, 6) is 0.274. The molecule has 1 atom stereocenters. The van der Waals surface area contributed by atoms with Crippen LogP contribution in [0, 0.1) is 11.7 Å². The Balaban J connectivity index is 2.43. The molecule has 0 amide bonds. The summed E-state index contributed by atoms with van der Waals surface area (Å²) in [6.45, 7) is 7.15.